The van der Waals surface area contributed by atoms with E-state index < -0.39 is 0 Å². The molecule has 5 aliphatic rings. The van der Waals surface area contributed by atoms with Crippen molar-refractivity contribution in [2.24, 2.45) is 29.6 Å². The first kappa shape index (κ1) is 12.7. The predicted octanol–water partition coefficient (Wildman–Crippen LogP) is 4.28. The monoisotopic (exact) mass is 282 g/mol. The number of hydrogen-bond donors (Lipinski definition) is 1. The maximum absolute atomic E-state index is 11.1. The molecule has 0 spiro atoms. The highest BCUT2D eigenvalue weighted by Gasteiger charge is 2.50. The molecular weight excluding hydrogens is 256 g/mol. The molecule has 1 nitrogen and oxygen atoms in total. The summed E-state index contributed by atoms with van der Waals surface area (Å²) < 4.78 is 0. The Bertz CT molecular complexity index is 533. The zero-order chi connectivity index (χ0) is 14.0. The quantitative estimate of drug-likeness (QED) is 0.858. The van der Waals surface area contributed by atoms with E-state index in [-0.39, 0.29) is 6.10 Å². The van der Waals surface area contributed by atoms with Gasteiger partial charge in [-0.3, -0.25) is 0 Å². The molecule has 1 N–H and O–H groups in total. The highest BCUT2D eigenvalue weighted by atomic mass is 16.3. The van der Waals surface area contributed by atoms with Crippen molar-refractivity contribution in [2.75, 3.05) is 0 Å². The molecule has 0 radical (unpaired) electrons. The molecule has 21 heavy (non-hydrogen) atoms. The normalized spacial score (nSPS) is 41.3. The second-order valence-electron chi connectivity index (χ2n) is 8.33. The van der Waals surface area contributed by atoms with Crippen LogP contribution < -0.4 is 0 Å². The molecule has 4 fully saturated rings. The van der Waals surface area contributed by atoms with E-state index in [1.807, 2.05) is 0 Å². The van der Waals surface area contributed by atoms with Crippen LogP contribution in [-0.4, -0.2) is 5.11 Å². The van der Waals surface area contributed by atoms with Gasteiger partial charge in [-0.05, 0) is 97.6 Å². The van der Waals surface area contributed by atoms with Gasteiger partial charge in [-0.2, -0.15) is 0 Å². The highest BCUT2D eigenvalue weighted by Crippen LogP contribution is 2.59. The van der Waals surface area contributed by atoms with Crippen LogP contribution in [0.2, 0.25) is 0 Å². The lowest BCUT2D eigenvalue weighted by molar-refractivity contribution is -0.0908. The Morgan fingerprint density at radius 3 is 2.24 bits per heavy atom. The predicted molar refractivity (Wildman–Crippen MR) is 84.0 cm³/mol. The van der Waals surface area contributed by atoms with Crippen LogP contribution in [0.1, 0.15) is 61.3 Å². The number of hydrogen-bond acceptors (Lipinski definition) is 1. The summed E-state index contributed by atoms with van der Waals surface area (Å²) in [6.07, 6.45) is 10.7. The minimum Gasteiger partial charge on any atom is -0.388 e. The Morgan fingerprint density at radius 2 is 1.52 bits per heavy atom. The fourth-order valence-electron chi connectivity index (χ4n) is 6.48. The van der Waals surface area contributed by atoms with Gasteiger partial charge in [-0.1, -0.05) is 18.2 Å². The number of benzene rings is 1. The molecule has 1 heteroatoms. The van der Waals surface area contributed by atoms with E-state index in [1.165, 1.54) is 68.1 Å². The summed E-state index contributed by atoms with van der Waals surface area (Å²) in [6, 6.07) is 6.84. The minimum atomic E-state index is -0.203. The van der Waals surface area contributed by atoms with Crippen molar-refractivity contribution < 1.29 is 5.11 Å². The molecule has 1 aromatic rings. The molecule has 5 aliphatic carbocycles. The SMILES string of the molecule is OC(c1ccc2c(c1)CCC2)C1C2CC3CC(C2)CC1C3. The van der Waals surface area contributed by atoms with Gasteiger partial charge in [0.2, 0.25) is 0 Å². The van der Waals surface area contributed by atoms with E-state index in [2.05, 4.69) is 18.2 Å². The Hall–Kier alpha value is -0.820. The summed E-state index contributed by atoms with van der Waals surface area (Å²) in [5.41, 5.74) is 4.25. The third-order valence-electron chi connectivity index (χ3n) is 7.13. The number of fused-ring (bicyclic) bond motifs is 1. The van der Waals surface area contributed by atoms with E-state index >= 15 is 0 Å². The van der Waals surface area contributed by atoms with Crippen LogP contribution in [0, 0.1) is 29.6 Å². The van der Waals surface area contributed by atoms with Crippen LogP contribution in [0.3, 0.4) is 0 Å². The van der Waals surface area contributed by atoms with Gasteiger partial charge >= 0.3 is 0 Å². The molecule has 1 unspecified atom stereocenters. The smallest absolute Gasteiger partial charge is 0.0823 e. The fraction of sp³-hybridized carbons (Fsp3) is 0.700. The lowest BCUT2D eigenvalue weighted by atomic mass is 9.50. The van der Waals surface area contributed by atoms with Crippen molar-refractivity contribution in [1.29, 1.82) is 0 Å². The topological polar surface area (TPSA) is 20.2 Å². The second-order valence-corrected chi connectivity index (χ2v) is 8.33. The van der Waals surface area contributed by atoms with Gasteiger partial charge in [0.1, 0.15) is 0 Å². The number of aliphatic hydroxyl groups excluding tert-OH is 1. The average molecular weight is 282 g/mol. The summed E-state index contributed by atoms with van der Waals surface area (Å²) in [5.74, 6) is 4.17. The van der Waals surface area contributed by atoms with Gasteiger partial charge in [0.05, 0.1) is 6.10 Å². The molecule has 1 atom stereocenters. The minimum absolute atomic E-state index is 0.203. The molecule has 4 saturated carbocycles. The first-order chi connectivity index (χ1) is 10.3. The van der Waals surface area contributed by atoms with Crippen molar-refractivity contribution >= 4 is 0 Å². The van der Waals surface area contributed by atoms with Crippen LogP contribution >= 0.6 is 0 Å². The lowest BCUT2D eigenvalue weighted by Crippen LogP contribution is -2.47. The van der Waals surface area contributed by atoms with Crippen LogP contribution in [0.15, 0.2) is 18.2 Å². The summed E-state index contributed by atoms with van der Waals surface area (Å²) in [4.78, 5) is 0. The standard InChI is InChI=1S/C20H26O/c21-20(16-5-4-14-2-1-3-15(14)11-16)19-17-7-12-6-13(9-17)10-18(19)8-12/h4-5,11-13,17-21H,1-3,6-10H2. The van der Waals surface area contributed by atoms with Gasteiger partial charge in [-0.15, -0.1) is 0 Å². The third-order valence-corrected chi connectivity index (χ3v) is 7.13. The van der Waals surface area contributed by atoms with E-state index in [0.717, 1.165) is 23.7 Å². The van der Waals surface area contributed by atoms with Gasteiger partial charge in [0.15, 0.2) is 0 Å². The fourth-order valence-corrected chi connectivity index (χ4v) is 6.48. The van der Waals surface area contributed by atoms with Crippen molar-refractivity contribution in [2.45, 2.75) is 57.5 Å². The van der Waals surface area contributed by atoms with Crippen LogP contribution in [-0.2, 0) is 12.8 Å². The van der Waals surface area contributed by atoms with Crippen molar-refractivity contribution in [3.63, 3.8) is 0 Å². The van der Waals surface area contributed by atoms with Crippen molar-refractivity contribution in [3.05, 3.63) is 34.9 Å². The summed E-state index contributed by atoms with van der Waals surface area (Å²) >= 11 is 0. The van der Waals surface area contributed by atoms with Gasteiger partial charge in [0.25, 0.3) is 0 Å². The van der Waals surface area contributed by atoms with Gasteiger partial charge in [-0.25, -0.2) is 0 Å². The van der Waals surface area contributed by atoms with E-state index in [0.29, 0.717) is 5.92 Å². The third kappa shape index (κ3) is 1.93. The maximum Gasteiger partial charge on any atom is 0.0823 e. The summed E-state index contributed by atoms with van der Waals surface area (Å²) in [5, 5.41) is 11.1. The second kappa shape index (κ2) is 4.59. The van der Waals surface area contributed by atoms with Gasteiger partial charge in [0, 0.05) is 0 Å². The first-order valence-electron chi connectivity index (χ1n) is 9.07. The molecule has 0 saturated heterocycles. The highest BCUT2D eigenvalue weighted by molar-refractivity contribution is 5.36. The molecule has 4 bridgehead atoms. The molecule has 0 aromatic heterocycles. The van der Waals surface area contributed by atoms with Crippen LogP contribution in [0.4, 0.5) is 0 Å². The Labute approximate surface area is 127 Å². The van der Waals surface area contributed by atoms with Crippen molar-refractivity contribution in [3.8, 4) is 0 Å². The molecular formula is C20H26O. The largest absolute Gasteiger partial charge is 0.388 e. The molecule has 0 aliphatic heterocycles. The Balaban J connectivity index is 1.44. The van der Waals surface area contributed by atoms with E-state index in [1.54, 1.807) is 0 Å². The number of aryl methyl sites for hydroxylation is 2. The van der Waals surface area contributed by atoms with Crippen LogP contribution in [0.25, 0.3) is 0 Å². The van der Waals surface area contributed by atoms with Crippen molar-refractivity contribution in [1.82, 2.24) is 0 Å². The first-order valence-corrected chi connectivity index (χ1v) is 9.07. The van der Waals surface area contributed by atoms with E-state index in [4.69, 9.17) is 0 Å². The molecule has 6 rings (SSSR count). The molecule has 0 heterocycles. The molecule has 0 amide bonds. The Kier molecular flexibility index (Phi) is 2.77. The number of aliphatic hydroxyl groups is 1. The zero-order valence-electron chi connectivity index (χ0n) is 12.8. The lowest BCUT2D eigenvalue weighted by Gasteiger charge is -2.55. The van der Waals surface area contributed by atoms with Gasteiger partial charge < -0.3 is 5.11 Å². The summed E-state index contributed by atoms with van der Waals surface area (Å²) in [7, 11) is 0. The molecule has 1 aromatic carbocycles. The average Bonchev–Trinajstić information content (AvgIpc) is 2.93. The summed E-state index contributed by atoms with van der Waals surface area (Å²) in [6.45, 7) is 0. The van der Waals surface area contributed by atoms with E-state index in [9.17, 15) is 5.11 Å². The zero-order valence-corrected chi connectivity index (χ0v) is 12.8. The molecule has 112 valence electrons. The Morgan fingerprint density at radius 1 is 0.857 bits per heavy atom. The number of rotatable bonds is 2. The maximum atomic E-state index is 11.1. The van der Waals surface area contributed by atoms with Crippen LogP contribution in [0.5, 0.6) is 0 Å².